The molecule has 0 bridgehead atoms. The quantitative estimate of drug-likeness (QED) is 0.450. The van der Waals surface area contributed by atoms with Gasteiger partial charge in [-0.2, -0.15) is 4.31 Å². The minimum Gasteiger partial charge on any atom is -0.439 e. The van der Waals surface area contributed by atoms with Crippen molar-refractivity contribution in [1.82, 2.24) is 14.8 Å². The predicted octanol–water partition coefficient (Wildman–Crippen LogP) is 3.11. The summed E-state index contributed by atoms with van der Waals surface area (Å²) in [6.45, 7) is 1.69. The van der Waals surface area contributed by atoms with Crippen LogP contribution in [0.2, 0.25) is 0 Å². The van der Waals surface area contributed by atoms with Gasteiger partial charge in [0, 0.05) is 18.2 Å². The summed E-state index contributed by atoms with van der Waals surface area (Å²) in [5, 5.41) is 9.23. The molecule has 0 radical (unpaired) electrons. The first-order valence-electron chi connectivity index (χ1n) is 9.75. The van der Waals surface area contributed by atoms with Gasteiger partial charge in [-0.05, 0) is 48.7 Å². The average Bonchev–Trinajstić information content (AvgIpc) is 2.81. The summed E-state index contributed by atoms with van der Waals surface area (Å²) in [6, 6.07) is 12.7. The number of aryl methyl sites for hydroxylation is 1. The molecule has 2 aromatic carbocycles. The van der Waals surface area contributed by atoms with Gasteiger partial charge in [-0.3, -0.25) is 10.0 Å². The molecule has 0 saturated carbocycles. The number of hydrogen-bond donors (Lipinski definition) is 2. The molecule has 1 aromatic heterocycles. The van der Waals surface area contributed by atoms with E-state index in [4.69, 9.17) is 4.74 Å². The topological polar surface area (TPSA) is 109 Å². The van der Waals surface area contributed by atoms with Crippen LogP contribution in [0.25, 0.3) is 0 Å². The predicted molar refractivity (Wildman–Crippen MR) is 112 cm³/mol. The van der Waals surface area contributed by atoms with Crippen molar-refractivity contribution in [3.8, 4) is 11.6 Å². The number of nitrogens with zero attached hydrogens (tertiary/aromatic N) is 2. The van der Waals surface area contributed by atoms with Crippen molar-refractivity contribution in [1.29, 1.82) is 0 Å². The smallest absolute Gasteiger partial charge is 0.266 e. The monoisotopic (exact) mass is 457 g/mol. The van der Waals surface area contributed by atoms with Gasteiger partial charge in [0.15, 0.2) is 0 Å². The normalized spacial score (nSPS) is 16.3. The standard InChI is InChI=1S/C22H20FN3O5S/c1-14-7-9-18(23)20-17(14)11-12-26(21(20)22(27)25-28)32(29,30)16-8-10-19(24-13-16)31-15-5-3-2-4-6-15/h2-10,13,21,28H,11-12H2,1H3,(H,25,27). The summed E-state index contributed by atoms with van der Waals surface area (Å²) in [6.07, 6.45) is 1.33. The molecule has 4 rings (SSSR count). The van der Waals surface area contributed by atoms with E-state index in [0.29, 0.717) is 11.3 Å². The SMILES string of the molecule is Cc1ccc(F)c2c1CCN(S(=O)(=O)c1ccc(Oc3ccccc3)nc1)C2C(=O)NO. The Labute approximate surface area is 184 Å². The molecule has 0 spiro atoms. The molecule has 1 atom stereocenters. The fourth-order valence-electron chi connectivity index (χ4n) is 3.77. The minimum atomic E-state index is -4.25. The maximum atomic E-state index is 14.7. The van der Waals surface area contributed by atoms with Gasteiger partial charge in [-0.15, -0.1) is 0 Å². The van der Waals surface area contributed by atoms with Crippen molar-refractivity contribution in [2.45, 2.75) is 24.3 Å². The number of fused-ring (bicyclic) bond motifs is 1. The van der Waals surface area contributed by atoms with Gasteiger partial charge in [0.05, 0.1) is 6.20 Å². The zero-order valence-electron chi connectivity index (χ0n) is 17.0. The van der Waals surface area contributed by atoms with Crippen molar-refractivity contribution in [2.75, 3.05) is 6.54 Å². The van der Waals surface area contributed by atoms with Gasteiger partial charge < -0.3 is 4.74 Å². The first-order valence-corrected chi connectivity index (χ1v) is 11.2. The number of amides is 1. The molecule has 0 fully saturated rings. The van der Waals surface area contributed by atoms with Gasteiger partial charge in [0.2, 0.25) is 15.9 Å². The van der Waals surface area contributed by atoms with Crippen molar-refractivity contribution in [2.24, 2.45) is 0 Å². The molecule has 8 nitrogen and oxygen atoms in total. The van der Waals surface area contributed by atoms with Crippen molar-refractivity contribution in [3.05, 3.63) is 83.3 Å². The van der Waals surface area contributed by atoms with Crippen LogP contribution < -0.4 is 10.2 Å². The third-order valence-electron chi connectivity index (χ3n) is 5.32. The fourth-order valence-corrected chi connectivity index (χ4v) is 5.28. The molecule has 32 heavy (non-hydrogen) atoms. The first-order chi connectivity index (χ1) is 15.3. The highest BCUT2D eigenvalue weighted by atomic mass is 32.2. The summed E-state index contributed by atoms with van der Waals surface area (Å²) < 4.78 is 47.9. The van der Waals surface area contributed by atoms with Crippen molar-refractivity contribution in [3.63, 3.8) is 0 Å². The van der Waals surface area contributed by atoms with Crippen LogP contribution in [0.1, 0.15) is 22.7 Å². The van der Waals surface area contributed by atoms with E-state index < -0.39 is 27.8 Å². The molecule has 3 aromatic rings. The van der Waals surface area contributed by atoms with Crippen LogP contribution in [0.5, 0.6) is 11.6 Å². The zero-order chi connectivity index (χ0) is 22.9. The second kappa shape index (κ2) is 8.65. The number of ether oxygens (including phenoxy) is 1. The third kappa shape index (κ3) is 3.95. The van der Waals surface area contributed by atoms with Gasteiger partial charge in [-0.25, -0.2) is 23.3 Å². The summed E-state index contributed by atoms with van der Waals surface area (Å²) in [4.78, 5) is 16.3. The number of aromatic nitrogens is 1. The second-order valence-corrected chi connectivity index (χ2v) is 9.14. The molecule has 0 saturated heterocycles. The molecule has 2 heterocycles. The van der Waals surface area contributed by atoms with Crippen LogP contribution in [0.4, 0.5) is 4.39 Å². The number of hydrogen-bond acceptors (Lipinski definition) is 6. The van der Waals surface area contributed by atoms with Gasteiger partial charge >= 0.3 is 0 Å². The van der Waals surface area contributed by atoms with Crippen LogP contribution in [-0.2, 0) is 21.2 Å². The number of rotatable bonds is 5. The Morgan fingerprint density at radius 2 is 1.94 bits per heavy atom. The molecule has 10 heteroatoms. The highest BCUT2D eigenvalue weighted by molar-refractivity contribution is 7.89. The largest absolute Gasteiger partial charge is 0.439 e. The number of halogens is 1. The molecular formula is C22H20FN3O5S. The number of para-hydroxylation sites is 1. The van der Waals surface area contributed by atoms with E-state index in [1.807, 2.05) is 6.07 Å². The zero-order valence-corrected chi connectivity index (χ0v) is 17.8. The number of sulfonamides is 1. The molecule has 0 aliphatic carbocycles. The lowest BCUT2D eigenvalue weighted by molar-refractivity contribution is -0.133. The highest BCUT2D eigenvalue weighted by Crippen LogP contribution is 2.37. The van der Waals surface area contributed by atoms with Crippen LogP contribution >= 0.6 is 0 Å². The maximum absolute atomic E-state index is 14.7. The van der Waals surface area contributed by atoms with Crippen LogP contribution in [-0.4, -0.2) is 35.4 Å². The Kier molecular flexibility index (Phi) is 5.92. The Hall–Kier alpha value is -3.34. The van der Waals surface area contributed by atoms with Gasteiger partial charge in [0.25, 0.3) is 5.91 Å². The molecule has 1 aliphatic rings. The number of nitrogens with one attached hydrogen (secondary N) is 1. The highest BCUT2D eigenvalue weighted by Gasteiger charge is 2.42. The van der Waals surface area contributed by atoms with E-state index in [-0.39, 0.29) is 29.3 Å². The van der Waals surface area contributed by atoms with E-state index in [2.05, 4.69) is 4.98 Å². The van der Waals surface area contributed by atoms with Crippen LogP contribution in [0.3, 0.4) is 0 Å². The van der Waals surface area contributed by atoms with Gasteiger partial charge in [0.1, 0.15) is 22.5 Å². The fraction of sp³-hybridized carbons (Fsp3) is 0.182. The summed E-state index contributed by atoms with van der Waals surface area (Å²) in [7, 11) is -4.25. The Bertz CT molecular complexity index is 1250. The summed E-state index contributed by atoms with van der Waals surface area (Å²) in [5.74, 6) is -1.04. The Morgan fingerprint density at radius 1 is 1.19 bits per heavy atom. The number of benzene rings is 2. The molecule has 1 unspecified atom stereocenters. The Balaban J connectivity index is 1.69. The Morgan fingerprint density at radius 3 is 2.59 bits per heavy atom. The number of pyridine rings is 1. The van der Waals surface area contributed by atoms with Crippen molar-refractivity contribution >= 4 is 15.9 Å². The number of carbonyl (C=O) groups is 1. The summed E-state index contributed by atoms with van der Waals surface area (Å²) in [5.41, 5.74) is 2.68. The van der Waals surface area contributed by atoms with E-state index in [9.17, 15) is 22.8 Å². The van der Waals surface area contributed by atoms with E-state index in [1.54, 1.807) is 37.3 Å². The summed E-state index contributed by atoms with van der Waals surface area (Å²) >= 11 is 0. The second-order valence-electron chi connectivity index (χ2n) is 7.25. The van der Waals surface area contributed by atoms with Gasteiger partial charge in [-0.1, -0.05) is 24.3 Å². The lowest BCUT2D eigenvalue weighted by atomic mass is 9.90. The maximum Gasteiger partial charge on any atom is 0.266 e. The first kappa shape index (κ1) is 21.9. The molecule has 1 amide bonds. The number of carbonyl (C=O) groups excluding carboxylic acids is 1. The van der Waals surface area contributed by atoms with Crippen molar-refractivity contribution < 1.29 is 27.5 Å². The lowest BCUT2D eigenvalue weighted by Gasteiger charge is -2.35. The van der Waals surface area contributed by atoms with Crippen LogP contribution in [0, 0.1) is 12.7 Å². The lowest BCUT2D eigenvalue weighted by Crippen LogP contribution is -2.47. The van der Waals surface area contributed by atoms with E-state index in [0.717, 1.165) is 16.1 Å². The van der Waals surface area contributed by atoms with E-state index >= 15 is 0 Å². The van der Waals surface area contributed by atoms with Crippen LogP contribution in [0.15, 0.2) is 65.7 Å². The molecular weight excluding hydrogens is 437 g/mol. The molecule has 2 N–H and O–H groups in total. The number of hydroxylamine groups is 1. The third-order valence-corrected chi connectivity index (χ3v) is 7.17. The minimum absolute atomic E-state index is 0.0663. The molecule has 166 valence electrons. The van der Waals surface area contributed by atoms with E-state index in [1.165, 1.54) is 23.7 Å². The average molecular weight is 457 g/mol. The molecule has 1 aliphatic heterocycles.